The lowest BCUT2D eigenvalue weighted by atomic mass is 10.1. The third kappa shape index (κ3) is 5.94. The first-order valence-corrected chi connectivity index (χ1v) is 9.62. The summed E-state index contributed by atoms with van der Waals surface area (Å²) in [7, 11) is 3.70. The molecule has 0 aliphatic carbocycles. The molecule has 0 saturated carbocycles. The van der Waals surface area contributed by atoms with Gasteiger partial charge >= 0.3 is 11.9 Å². The molecule has 1 atom stereocenters. The van der Waals surface area contributed by atoms with Gasteiger partial charge in [0.25, 0.3) is 11.6 Å². The number of carbonyl (C=O) groups excluding carboxylic acids is 3. The van der Waals surface area contributed by atoms with Gasteiger partial charge in [-0.25, -0.2) is 4.79 Å². The normalized spacial score (nSPS) is 11.2. The van der Waals surface area contributed by atoms with Crippen molar-refractivity contribution in [2.45, 2.75) is 19.0 Å². The van der Waals surface area contributed by atoms with E-state index in [4.69, 9.17) is 21.1 Å². The van der Waals surface area contributed by atoms with Crippen molar-refractivity contribution in [3.8, 4) is 5.75 Å². The van der Waals surface area contributed by atoms with Crippen LogP contribution in [0.5, 0.6) is 5.75 Å². The second-order valence-electron chi connectivity index (χ2n) is 6.52. The zero-order chi connectivity index (χ0) is 23.8. The zero-order valence-corrected chi connectivity index (χ0v) is 18.3. The van der Waals surface area contributed by atoms with Crippen LogP contribution in [0, 0.1) is 10.1 Å². The summed E-state index contributed by atoms with van der Waals surface area (Å²) in [6, 6.07) is 8.80. The summed E-state index contributed by atoms with van der Waals surface area (Å²) < 4.78 is 14.6. The van der Waals surface area contributed by atoms with Crippen molar-refractivity contribution in [2.75, 3.05) is 21.3 Å². The molecule has 0 fully saturated rings. The van der Waals surface area contributed by atoms with Gasteiger partial charge in [0.15, 0.2) is 0 Å². The lowest BCUT2D eigenvalue weighted by Crippen LogP contribution is -2.46. The highest BCUT2D eigenvalue weighted by atomic mass is 35.5. The zero-order valence-electron chi connectivity index (χ0n) is 17.6. The summed E-state index contributed by atoms with van der Waals surface area (Å²) in [5.74, 6) is -2.02. The number of hydrogen-bond donors (Lipinski definition) is 0. The lowest BCUT2D eigenvalue weighted by Gasteiger charge is -2.29. The molecule has 0 aliphatic heterocycles. The first-order chi connectivity index (χ1) is 15.2. The molecule has 0 spiro atoms. The Morgan fingerprint density at radius 3 is 2.41 bits per heavy atom. The van der Waals surface area contributed by atoms with Gasteiger partial charge in [-0.2, -0.15) is 0 Å². The molecule has 0 heterocycles. The van der Waals surface area contributed by atoms with E-state index in [0.29, 0.717) is 11.3 Å². The minimum atomic E-state index is -1.40. The largest absolute Gasteiger partial charge is 0.497 e. The number of halogens is 1. The number of rotatable bonds is 9. The van der Waals surface area contributed by atoms with Crippen molar-refractivity contribution < 1.29 is 33.5 Å². The van der Waals surface area contributed by atoms with Crippen molar-refractivity contribution in [2.24, 2.45) is 0 Å². The quantitative estimate of drug-likeness (QED) is 0.315. The van der Waals surface area contributed by atoms with E-state index in [2.05, 4.69) is 4.74 Å². The molecule has 0 bridgehead atoms. The Balaban J connectivity index is 2.60. The number of ether oxygens (including phenoxy) is 3. The van der Waals surface area contributed by atoms with Crippen LogP contribution in [-0.2, 0) is 25.6 Å². The fourth-order valence-electron chi connectivity index (χ4n) is 2.98. The van der Waals surface area contributed by atoms with Crippen molar-refractivity contribution in [3.05, 3.63) is 68.7 Å². The minimum Gasteiger partial charge on any atom is -0.497 e. The van der Waals surface area contributed by atoms with Crippen LogP contribution in [-0.4, -0.2) is 55.0 Å². The molecule has 0 N–H and O–H groups in total. The number of amides is 1. The number of benzene rings is 2. The van der Waals surface area contributed by atoms with Crippen molar-refractivity contribution in [3.63, 3.8) is 0 Å². The van der Waals surface area contributed by atoms with Gasteiger partial charge in [0.2, 0.25) is 0 Å². The van der Waals surface area contributed by atoms with Crippen LogP contribution in [0.1, 0.15) is 22.3 Å². The van der Waals surface area contributed by atoms with Gasteiger partial charge in [0.1, 0.15) is 17.4 Å². The van der Waals surface area contributed by atoms with E-state index in [1.165, 1.54) is 19.2 Å². The van der Waals surface area contributed by atoms with E-state index < -0.39 is 40.9 Å². The predicted octanol–water partition coefficient (Wildman–Crippen LogP) is 3.00. The first kappa shape index (κ1) is 24.6. The molecule has 32 heavy (non-hydrogen) atoms. The van der Waals surface area contributed by atoms with Gasteiger partial charge in [0, 0.05) is 17.6 Å². The number of carbonyl (C=O) groups is 3. The van der Waals surface area contributed by atoms with E-state index in [0.717, 1.165) is 25.2 Å². The molecular formula is C21H21ClN2O8. The van der Waals surface area contributed by atoms with Crippen LogP contribution in [0.4, 0.5) is 5.69 Å². The van der Waals surface area contributed by atoms with E-state index >= 15 is 0 Å². The number of hydrogen-bond acceptors (Lipinski definition) is 8. The highest BCUT2D eigenvalue weighted by Gasteiger charge is 2.36. The van der Waals surface area contributed by atoms with Crippen LogP contribution in [0.15, 0.2) is 42.5 Å². The van der Waals surface area contributed by atoms with Gasteiger partial charge in [-0.1, -0.05) is 23.7 Å². The summed E-state index contributed by atoms with van der Waals surface area (Å²) in [6.45, 7) is -0.174. The maximum atomic E-state index is 13.5. The molecule has 10 nitrogen and oxygen atoms in total. The SMILES string of the molecule is COC(=O)C[C@@H](C(=O)OC)N(Cc1cccc(OC)c1)C(=O)c1ccc(Cl)cc1[N+](=O)[O-]. The fourth-order valence-corrected chi connectivity index (χ4v) is 3.15. The maximum Gasteiger partial charge on any atom is 0.329 e. The Morgan fingerprint density at radius 1 is 1.09 bits per heavy atom. The number of methoxy groups -OCH3 is 3. The Labute approximate surface area is 188 Å². The Kier molecular flexibility index (Phi) is 8.54. The summed E-state index contributed by atoms with van der Waals surface area (Å²) in [5.41, 5.74) is -0.297. The van der Waals surface area contributed by atoms with Crippen LogP contribution in [0.3, 0.4) is 0 Å². The third-order valence-electron chi connectivity index (χ3n) is 4.57. The van der Waals surface area contributed by atoms with Gasteiger partial charge in [-0.05, 0) is 29.8 Å². The molecule has 0 aromatic heterocycles. The summed E-state index contributed by atoms with van der Waals surface area (Å²) in [6.07, 6.45) is -0.514. The second-order valence-corrected chi connectivity index (χ2v) is 6.96. The molecule has 0 unspecified atom stereocenters. The molecule has 0 saturated heterocycles. The standard InChI is InChI=1S/C21H21ClN2O8/c1-30-15-6-4-5-13(9-15)12-23(18(21(27)32-3)11-19(25)31-2)20(26)16-8-7-14(22)10-17(16)24(28)29/h4-10,18H,11-12H2,1-3H3/t18-/m0/s1. The first-order valence-electron chi connectivity index (χ1n) is 9.24. The van der Waals surface area contributed by atoms with E-state index in [1.54, 1.807) is 24.3 Å². The summed E-state index contributed by atoms with van der Waals surface area (Å²) >= 11 is 5.85. The fraction of sp³-hybridized carbons (Fsp3) is 0.286. The average Bonchev–Trinajstić information content (AvgIpc) is 2.80. The van der Waals surface area contributed by atoms with E-state index in [9.17, 15) is 24.5 Å². The smallest absolute Gasteiger partial charge is 0.329 e. The maximum absolute atomic E-state index is 13.5. The minimum absolute atomic E-state index is 0.0617. The van der Waals surface area contributed by atoms with Crippen LogP contribution < -0.4 is 4.74 Å². The number of nitrogens with zero attached hydrogens (tertiary/aromatic N) is 2. The topological polar surface area (TPSA) is 125 Å². The molecule has 2 aromatic rings. The summed E-state index contributed by atoms with van der Waals surface area (Å²) in [5, 5.41) is 11.6. The monoisotopic (exact) mass is 464 g/mol. The molecule has 2 aromatic carbocycles. The lowest BCUT2D eigenvalue weighted by molar-refractivity contribution is -0.385. The van der Waals surface area contributed by atoms with Gasteiger partial charge in [-0.3, -0.25) is 19.7 Å². The highest BCUT2D eigenvalue weighted by molar-refractivity contribution is 6.31. The van der Waals surface area contributed by atoms with Gasteiger partial charge < -0.3 is 19.1 Å². The van der Waals surface area contributed by atoms with Crippen molar-refractivity contribution >= 4 is 35.1 Å². The van der Waals surface area contributed by atoms with Crippen LogP contribution in [0.25, 0.3) is 0 Å². The van der Waals surface area contributed by atoms with Crippen LogP contribution >= 0.6 is 11.6 Å². The molecular weight excluding hydrogens is 444 g/mol. The van der Waals surface area contributed by atoms with Crippen molar-refractivity contribution in [1.82, 2.24) is 4.90 Å². The number of nitro groups is 1. The van der Waals surface area contributed by atoms with Crippen LogP contribution in [0.2, 0.25) is 5.02 Å². The van der Waals surface area contributed by atoms with Crippen molar-refractivity contribution in [1.29, 1.82) is 0 Å². The molecule has 170 valence electrons. The Bertz CT molecular complexity index is 1030. The molecule has 0 radical (unpaired) electrons. The van der Waals surface area contributed by atoms with Gasteiger partial charge in [-0.15, -0.1) is 0 Å². The molecule has 0 aliphatic rings. The predicted molar refractivity (Wildman–Crippen MR) is 113 cm³/mol. The number of nitro benzene ring substituents is 1. The van der Waals surface area contributed by atoms with E-state index in [1.807, 2.05) is 0 Å². The molecule has 1 amide bonds. The molecule has 11 heteroatoms. The molecule has 2 rings (SSSR count). The van der Waals surface area contributed by atoms with Gasteiger partial charge in [0.05, 0.1) is 32.7 Å². The third-order valence-corrected chi connectivity index (χ3v) is 4.81. The highest BCUT2D eigenvalue weighted by Crippen LogP contribution is 2.27. The van der Waals surface area contributed by atoms with E-state index in [-0.39, 0.29) is 17.1 Å². The Morgan fingerprint density at radius 2 is 1.81 bits per heavy atom. The summed E-state index contributed by atoms with van der Waals surface area (Å²) in [4.78, 5) is 49.7. The average molecular weight is 465 g/mol. The number of esters is 2. The second kappa shape index (κ2) is 11.1. The Hall–Kier alpha value is -3.66.